The molecule has 0 saturated carbocycles. The lowest BCUT2D eigenvalue weighted by molar-refractivity contribution is -0.188. The van der Waals surface area contributed by atoms with E-state index in [9.17, 15) is 33.1 Å². The fourth-order valence-corrected chi connectivity index (χ4v) is 4.90. The summed E-state index contributed by atoms with van der Waals surface area (Å²) in [6.45, 7) is 0.228. The van der Waals surface area contributed by atoms with Crippen molar-refractivity contribution in [3.63, 3.8) is 0 Å². The first-order valence-corrected chi connectivity index (χ1v) is 12.8. The van der Waals surface area contributed by atoms with E-state index in [4.69, 9.17) is 4.74 Å². The van der Waals surface area contributed by atoms with E-state index in [0.717, 1.165) is 0 Å². The number of nitrogens with zero attached hydrogens (tertiary/aromatic N) is 4. The number of halogens is 2. The van der Waals surface area contributed by atoms with Gasteiger partial charge in [-0.05, 0) is 41.8 Å². The molecule has 13 heteroatoms. The van der Waals surface area contributed by atoms with Crippen LogP contribution in [0, 0.1) is 11.6 Å². The summed E-state index contributed by atoms with van der Waals surface area (Å²) < 4.78 is 32.3. The number of amides is 4. The summed E-state index contributed by atoms with van der Waals surface area (Å²) in [5.41, 5.74) is 1.29. The minimum Gasteiger partial charge on any atom is -0.481 e. The van der Waals surface area contributed by atoms with Gasteiger partial charge in [0.25, 0.3) is 0 Å². The Morgan fingerprint density at radius 1 is 1.07 bits per heavy atom. The monoisotopic (exact) mass is 559 g/mol. The third-order valence-corrected chi connectivity index (χ3v) is 6.80. The zero-order valence-corrected chi connectivity index (χ0v) is 22.0. The Labute approximate surface area is 229 Å². The molecule has 2 atom stereocenters. The summed E-state index contributed by atoms with van der Waals surface area (Å²) in [5.74, 6) is -2.75. The molecule has 0 spiro atoms. The van der Waals surface area contributed by atoms with Gasteiger partial charge in [-0.1, -0.05) is 24.3 Å². The van der Waals surface area contributed by atoms with Crippen LogP contribution in [0.25, 0.3) is 0 Å². The number of benzene rings is 2. The smallest absolute Gasteiger partial charge is 0.334 e. The number of ether oxygens (including phenoxy) is 1. The molecule has 2 fully saturated rings. The standard InChI is InChI=1S/C27H31F2N5O6/c1-31-16-24(35)33-22(9-10-25(36)37)26(38)32(11-12-40-17-19-3-2-4-21(29)13-19)15-23(33)34(31)27(39)30-14-18-5-7-20(28)8-6-18/h2-8,13,22-23H,9-12,14-17H2,1H3,(H,30,39)(H,36,37)/t22-,23-/m0/s1. The molecule has 2 saturated heterocycles. The van der Waals surface area contributed by atoms with Crippen LogP contribution in [0.4, 0.5) is 13.6 Å². The maximum atomic E-state index is 13.4. The second-order valence-corrected chi connectivity index (χ2v) is 9.64. The molecule has 2 aliphatic heterocycles. The summed E-state index contributed by atoms with van der Waals surface area (Å²) >= 11 is 0. The average Bonchev–Trinajstić information content (AvgIpc) is 2.90. The lowest BCUT2D eigenvalue weighted by atomic mass is 10.0. The Morgan fingerprint density at radius 2 is 1.82 bits per heavy atom. The van der Waals surface area contributed by atoms with E-state index in [2.05, 4.69) is 5.32 Å². The molecule has 0 aromatic heterocycles. The molecule has 2 heterocycles. The first kappa shape index (κ1) is 28.9. The van der Waals surface area contributed by atoms with Crippen molar-refractivity contribution in [3.05, 3.63) is 71.3 Å². The quantitative estimate of drug-likeness (QED) is 0.426. The maximum Gasteiger partial charge on any atom is 0.334 e. The number of hydrogen-bond donors (Lipinski definition) is 2. The molecule has 2 N–H and O–H groups in total. The lowest BCUT2D eigenvalue weighted by Crippen LogP contribution is -2.76. The lowest BCUT2D eigenvalue weighted by Gasteiger charge is -2.54. The molecule has 2 aromatic rings. The van der Waals surface area contributed by atoms with Crippen molar-refractivity contribution in [1.82, 2.24) is 25.1 Å². The van der Waals surface area contributed by atoms with E-state index in [0.29, 0.717) is 11.1 Å². The molecule has 0 radical (unpaired) electrons. The van der Waals surface area contributed by atoms with Crippen molar-refractivity contribution in [3.8, 4) is 0 Å². The highest BCUT2D eigenvalue weighted by Gasteiger charge is 2.50. The fraction of sp³-hybridized carbons (Fsp3) is 0.407. The third-order valence-electron chi connectivity index (χ3n) is 6.80. The van der Waals surface area contributed by atoms with Gasteiger partial charge in [-0.15, -0.1) is 0 Å². The van der Waals surface area contributed by atoms with Crippen molar-refractivity contribution in [2.45, 2.75) is 38.2 Å². The summed E-state index contributed by atoms with van der Waals surface area (Å²) in [6, 6.07) is 9.97. The highest BCUT2D eigenvalue weighted by atomic mass is 19.1. The number of rotatable bonds is 10. The van der Waals surface area contributed by atoms with Crippen LogP contribution < -0.4 is 5.32 Å². The highest BCUT2D eigenvalue weighted by Crippen LogP contribution is 2.28. The largest absolute Gasteiger partial charge is 0.481 e. The zero-order chi connectivity index (χ0) is 28.8. The molecule has 40 heavy (non-hydrogen) atoms. The van der Waals surface area contributed by atoms with Gasteiger partial charge in [-0.2, -0.15) is 0 Å². The van der Waals surface area contributed by atoms with Crippen molar-refractivity contribution in [1.29, 1.82) is 0 Å². The van der Waals surface area contributed by atoms with Gasteiger partial charge in [-0.3, -0.25) is 14.4 Å². The Morgan fingerprint density at radius 3 is 2.52 bits per heavy atom. The third kappa shape index (κ3) is 6.90. The SMILES string of the molecule is CN1CC(=O)N2[C@@H](CCC(=O)O)C(=O)N(CCOCc3cccc(F)c3)C[C@@H]2N1C(=O)NCc1ccc(F)cc1. The second-order valence-electron chi connectivity index (χ2n) is 9.64. The van der Waals surface area contributed by atoms with Crippen LogP contribution in [0.5, 0.6) is 0 Å². The van der Waals surface area contributed by atoms with Crippen LogP contribution in [0.2, 0.25) is 0 Å². The van der Waals surface area contributed by atoms with Crippen LogP contribution in [0.3, 0.4) is 0 Å². The highest BCUT2D eigenvalue weighted by molar-refractivity contribution is 5.91. The predicted octanol–water partition coefficient (Wildman–Crippen LogP) is 1.78. The molecule has 2 aliphatic rings. The van der Waals surface area contributed by atoms with E-state index in [1.54, 1.807) is 19.2 Å². The molecular weight excluding hydrogens is 528 g/mol. The minimum absolute atomic E-state index is 0.0220. The number of aliphatic carboxylic acids is 1. The summed E-state index contributed by atoms with van der Waals surface area (Å²) in [4.78, 5) is 53.9. The van der Waals surface area contributed by atoms with E-state index < -0.39 is 47.7 Å². The van der Waals surface area contributed by atoms with Crippen LogP contribution in [0.1, 0.15) is 24.0 Å². The second kappa shape index (κ2) is 12.8. The van der Waals surface area contributed by atoms with E-state index in [1.807, 2.05) is 0 Å². The van der Waals surface area contributed by atoms with Gasteiger partial charge < -0.3 is 25.0 Å². The maximum absolute atomic E-state index is 13.4. The van der Waals surface area contributed by atoms with Gasteiger partial charge in [0.05, 0.1) is 26.3 Å². The first-order valence-electron chi connectivity index (χ1n) is 12.8. The van der Waals surface area contributed by atoms with Gasteiger partial charge in [0.15, 0.2) is 0 Å². The Hall–Kier alpha value is -4.10. The summed E-state index contributed by atoms with van der Waals surface area (Å²) in [7, 11) is 1.57. The number of carbonyl (C=O) groups is 4. The zero-order valence-electron chi connectivity index (χ0n) is 22.0. The number of hydrogen-bond acceptors (Lipinski definition) is 6. The van der Waals surface area contributed by atoms with E-state index >= 15 is 0 Å². The van der Waals surface area contributed by atoms with Gasteiger partial charge in [0, 0.05) is 26.6 Å². The molecule has 214 valence electrons. The normalized spacial score (nSPS) is 19.5. The number of urea groups is 1. The van der Waals surface area contributed by atoms with Crippen molar-refractivity contribution < 1.29 is 37.8 Å². The number of piperazine rings is 1. The van der Waals surface area contributed by atoms with E-state index in [1.165, 1.54) is 56.2 Å². The van der Waals surface area contributed by atoms with Crippen LogP contribution >= 0.6 is 0 Å². The molecule has 0 bridgehead atoms. The number of likely N-dealkylation sites (N-methyl/N-ethyl adjacent to an activating group) is 1. The molecule has 0 aliphatic carbocycles. The fourth-order valence-electron chi connectivity index (χ4n) is 4.90. The molecule has 11 nitrogen and oxygen atoms in total. The topological polar surface area (TPSA) is 123 Å². The number of nitrogens with one attached hydrogen (secondary N) is 1. The van der Waals surface area contributed by atoms with E-state index in [-0.39, 0.29) is 52.2 Å². The summed E-state index contributed by atoms with van der Waals surface area (Å²) in [6.07, 6.45) is -1.35. The van der Waals surface area contributed by atoms with Gasteiger partial charge in [-0.25, -0.2) is 23.6 Å². The van der Waals surface area contributed by atoms with Crippen molar-refractivity contribution >= 4 is 23.8 Å². The van der Waals surface area contributed by atoms with Crippen LogP contribution in [0.15, 0.2) is 48.5 Å². The van der Waals surface area contributed by atoms with Gasteiger partial charge in [0.1, 0.15) is 23.8 Å². The number of carboxylic acids is 1. The van der Waals surface area contributed by atoms with Crippen molar-refractivity contribution in [2.24, 2.45) is 0 Å². The molecule has 2 aromatic carbocycles. The molecule has 4 rings (SSSR count). The van der Waals surface area contributed by atoms with Crippen molar-refractivity contribution in [2.75, 3.05) is 33.3 Å². The Kier molecular flexibility index (Phi) is 9.27. The number of fused-ring (bicyclic) bond motifs is 1. The molecule has 4 amide bonds. The number of carbonyl (C=O) groups excluding carboxylic acids is 3. The Bertz CT molecular complexity index is 1250. The predicted molar refractivity (Wildman–Crippen MR) is 137 cm³/mol. The van der Waals surface area contributed by atoms with Crippen LogP contribution in [-0.4, -0.2) is 94.2 Å². The van der Waals surface area contributed by atoms with Gasteiger partial charge in [0.2, 0.25) is 11.8 Å². The van der Waals surface area contributed by atoms with Gasteiger partial charge >= 0.3 is 12.0 Å². The summed E-state index contributed by atoms with van der Waals surface area (Å²) in [5, 5.41) is 14.8. The first-order chi connectivity index (χ1) is 19.1. The number of carboxylic acid groups (broad SMARTS) is 1. The average molecular weight is 560 g/mol. The molecular formula is C27H31F2N5O6. The van der Waals surface area contributed by atoms with Crippen LogP contribution in [-0.2, 0) is 32.3 Å². The minimum atomic E-state index is -1.12. The molecule has 0 unspecified atom stereocenters. The Balaban J connectivity index is 1.49. The number of hydrazine groups is 1.